The molecule has 2 aromatic rings. The molecular formula is C19H26N2O3S. The number of aromatic nitrogens is 1. The fraction of sp³-hybridized carbons (Fsp3) is 0.579. The van der Waals surface area contributed by atoms with E-state index in [2.05, 4.69) is 30.1 Å². The summed E-state index contributed by atoms with van der Waals surface area (Å²) in [6, 6.07) is 6.18. The molecule has 3 atom stereocenters. The molecule has 1 aliphatic heterocycles. The van der Waals surface area contributed by atoms with E-state index in [9.17, 15) is 4.79 Å². The van der Waals surface area contributed by atoms with Crippen LogP contribution in [0.15, 0.2) is 23.7 Å². The molecule has 0 N–H and O–H groups in total. The summed E-state index contributed by atoms with van der Waals surface area (Å²) in [6.45, 7) is 8.42. The van der Waals surface area contributed by atoms with E-state index in [-0.39, 0.29) is 24.2 Å². The molecule has 5 nitrogen and oxygen atoms in total. The molecule has 0 bridgehead atoms. The van der Waals surface area contributed by atoms with Crippen LogP contribution < -0.4 is 0 Å². The molecule has 136 valence electrons. The van der Waals surface area contributed by atoms with Gasteiger partial charge in [0.15, 0.2) is 0 Å². The van der Waals surface area contributed by atoms with Crippen molar-refractivity contribution < 1.29 is 14.3 Å². The van der Waals surface area contributed by atoms with Gasteiger partial charge >= 0.3 is 6.09 Å². The lowest BCUT2D eigenvalue weighted by molar-refractivity contribution is -0.0416. The van der Waals surface area contributed by atoms with Gasteiger partial charge in [-0.05, 0) is 44.9 Å². The van der Waals surface area contributed by atoms with Crippen LogP contribution in [0.4, 0.5) is 4.79 Å². The summed E-state index contributed by atoms with van der Waals surface area (Å²) in [7, 11) is 1.74. The fourth-order valence-corrected chi connectivity index (χ4v) is 4.04. The standard InChI is InChI=1S/C19H26N2O3S/c1-12-10-21(18(22)24-19(2,3)4)15(9-16(12)23-5)13-6-7-17-14(8-13)20-11-25-17/h6-8,11-12,15-16H,9-10H2,1-5H3. The van der Waals surface area contributed by atoms with E-state index in [1.807, 2.05) is 31.2 Å². The number of thiazole rings is 1. The Morgan fingerprint density at radius 2 is 2.12 bits per heavy atom. The topological polar surface area (TPSA) is 51.7 Å². The summed E-state index contributed by atoms with van der Waals surface area (Å²) in [5, 5.41) is 0. The van der Waals surface area contributed by atoms with Gasteiger partial charge < -0.3 is 14.4 Å². The van der Waals surface area contributed by atoms with Gasteiger partial charge in [0.05, 0.1) is 27.9 Å². The highest BCUT2D eigenvalue weighted by Gasteiger charge is 2.38. The number of nitrogens with zero attached hydrogens (tertiary/aromatic N) is 2. The molecule has 0 aliphatic carbocycles. The smallest absolute Gasteiger partial charge is 0.410 e. The molecule has 0 radical (unpaired) electrons. The highest BCUT2D eigenvalue weighted by molar-refractivity contribution is 7.16. The predicted molar refractivity (Wildman–Crippen MR) is 99.9 cm³/mol. The van der Waals surface area contributed by atoms with E-state index in [0.717, 1.165) is 22.2 Å². The van der Waals surface area contributed by atoms with Crippen molar-refractivity contribution in [3.8, 4) is 0 Å². The third-order valence-electron chi connectivity index (χ3n) is 4.62. The lowest BCUT2D eigenvalue weighted by Crippen LogP contribution is -2.49. The number of piperidine rings is 1. The summed E-state index contributed by atoms with van der Waals surface area (Å²) in [4.78, 5) is 19.1. The van der Waals surface area contributed by atoms with Crippen LogP contribution in [0.25, 0.3) is 10.2 Å². The normalized spacial score (nSPS) is 24.5. The second-order valence-corrected chi connectivity index (χ2v) is 8.60. The number of likely N-dealkylation sites (tertiary alicyclic amines) is 1. The van der Waals surface area contributed by atoms with Crippen LogP contribution in [-0.4, -0.2) is 41.3 Å². The number of carbonyl (C=O) groups is 1. The first kappa shape index (κ1) is 18.1. The summed E-state index contributed by atoms with van der Waals surface area (Å²) in [5.41, 5.74) is 3.39. The minimum atomic E-state index is -0.512. The lowest BCUT2D eigenvalue weighted by Gasteiger charge is -2.42. The molecule has 1 saturated heterocycles. The molecule has 3 unspecified atom stereocenters. The Bertz CT molecular complexity index is 752. The van der Waals surface area contributed by atoms with Crippen molar-refractivity contribution in [1.82, 2.24) is 9.88 Å². The lowest BCUT2D eigenvalue weighted by atomic mass is 9.87. The zero-order valence-electron chi connectivity index (χ0n) is 15.5. The van der Waals surface area contributed by atoms with Crippen molar-refractivity contribution in [2.75, 3.05) is 13.7 Å². The van der Waals surface area contributed by atoms with Crippen LogP contribution in [0.5, 0.6) is 0 Å². The number of rotatable bonds is 2. The molecule has 1 amide bonds. The van der Waals surface area contributed by atoms with Gasteiger partial charge in [-0.3, -0.25) is 0 Å². The Labute approximate surface area is 152 Å². The Morgan fingerprint density at radius 1 is 1.36 bits per heavy atom. The number of hydrogen-bond acceptors (Lipinski definition) is 5. The number of methoxy groups -OCH3 is 1. The second-order valence-electron chi connectivity index (χ2n) is 7.72. The first-order valence-corrected chi connectivity index (χ1v) is 9.52. The van der Waals surface area contributed by atoms with Crippen LogP contribution in [0.1, 0.15) is 45.7 Å². The van der Waals surface area contributed by atoms with Gasteiger partial charge in [0.2, 0.25) is 0 Å². The summed E-state index contributed by atoms with van der Waals surface area (Å²) >= 11 is 1.62. The molecule has 2 heterocycles. The van der Waals surface area contributed by atoms with Gasteiger partial charge in [-0.2, -0.15) is 0 Å². The molecular weight excluding hydrogens is 336 g/mol. The van der Waals surface area contributed by atoms with Gasteiger partial charge in [-0.15, -0.1) is 11.3 Å². The Morgan fingerprint density at radius 3 is 2.80 bits per heavy atom. The average Bonchev–Trinajstić information content (AvgIpc) is 3.00. The first-order valence-electron chi connectivity index (χ1n) is 8.64. The maximum Gasteiger partial charge on any atom is 0.410 e. The van der Waals surface area contributed by atoms with Gasteiger partial charge in [-0.1, -0.05) is 13.0 Å². The third kappa shape index (κ3) is 3.96. The summed E-state index contributed by atoms with van der Waals surface area (Å²) in [6.07, 6.45) is 0.610. The Kier molecular flexibility index (Phi) is 5.02. The van der Waals surface area contributed by atoms with Crippen LogP contribution in [0.3, 0.4) is 0 Å². The highest BCUT2D eigenvalue weighted by Crippen LogP contribution is 2.37. The van der Waals surface area contributed by atoms with Gasteiger partial charge in [0, 0.05) is 19.6 Å². The van der Waals surface area contributed by atoms with E-state index in [1.165, 1.54) is 0 Å². The largest absolute Gasteiger partial charge is 0.444 e. The Balaban J connectivity index is 1.93. The molecule has 1 aliphatic rings. The maximum atomic E-state index is 12.8. The second kappa shape index (κ2) is 6.92. The van der Waals surface area contributed by atoms with Gasteiger partial charge in [-0.25, -0.2) is 9.78 Å². The molecule has 3 rings (SSSR count). The Hall–Kier alpha value is -1.66. The van der Waals surface area contributed by atoms with Crippen molar-refractivity contribution in [3.63, 3.8) is 0 Å². The number of benzene rings is 1. The first-order chi connectivity index (χ1) is 11.8. The zero-order chi connectivity index (χ0) is 18.2. The number of hydrogen-bond donors (Lipinski definition) is 0. The molecule has 6 heteroatoms. The van der Waals surface area contributed by atoms with Crippen molar-refractivity contribution in [1.29, 1.82) is 0 Å². The highest BCUT2D eigenvalue weighted by atomic mass is 32.1. The number of ether oxygens (including phenoxy) is 2. The van der Waals surface area contributed by atoms with E-state index in [0.29, 0.717) is 6.54 Å². The van der Waals surface area contributed by atoms with Crippen LogP contribution in [-0.2, 0) is 9.47 Å². The predicted octanol–water partition coefficient (Wildman–Crippen LogP) is 4.63. The number of carbonyl (C=O) groups excluding carboxylic acids is 1. The maximum absolute atomic E-state index is 12.8. The van der Waals surface area contributed by atoms with Crippen molar-refractivity contribution in [2.45, 2.75) is 51.9 Å². The van der Waals surface area contributed by atoms with E-state index in [4.69, 9.17) is 9.47 Å². The number of fused-ring (bicyclic) bond motifs is 1. The van der Waals surface area contributed by atoms with E-state index < -0.39 is 5.60 Å². The molecule has 1 aromatic heterocycles. The molecule has 0 spiro atoms. The molecule has 1 fully saturated rings. The minimum Gasteiger partial charge on any atom is -0.444 e. The van der Waals surface area contributed by atoms with E-state index >= 15 is 0 Å². The quantitative estimate of drug-likeness (QED) is 0.781. The molecule has 0 saturated carbocycles. The third-order valence-corrected chi connectivity index (χ3v) is 5.43. The van der Waals surface area contributed by atoms with Crippen LogP contribution in [0, 0.1) is 5.92 Å². The number of amides is 1. The molecule has 1 aromatic carbocycles. The zero-order valence-corrected chi connectivity index (χ0v) is 16.3. The van der Waals surface area contributed by atoms with Crippen molar-refractivity contribution >= 4 is 27.6 Å². The van der Waals surface area contributed by atoms with Crippen LogP contribution >= 0.6 is 11.3 Å². The summed E-state index contributed by atoms with van der Waals surface area (Å²) < 4.78 is 12.5. The van der Waals surface area contributed by atoms with E-state index in [1.54, 1.807) is 18.4 Å². The van der Waals surface area contributed by atoms with Crippen molar-refractivity contribution in [3.05, 3.63) is 29.3 Å². The SMILES string of the molecule is COC1CC(c2ccc3scnc3c2)N(C(=O)OC(C)(C)C)CC1C. The average molecular weight is 362 g/mol. The van der Waals surface area contributed by atoms with Gasteiger partial charge in [0.25, 0.3) is 0 Å². The minimum absolute atomic E-state index is 0.0675. The van der Waals surface area contributed by atoms with Crippen LogP contribution in [0.2, 0.25) is 0 Å². The van der Waals surface area contributed by atoms with Gasteiger partial charge in [0.1, 0.15) is 5.60 Å². The molecule has 25 heavy (non-hydrogen) atoms. The fourth-order valence-electron chi connectivity index (χ4n) is 3.38. The summed E-state index contributed by atoms with van der Waals surface area (Å²) in [5.74, 6) is 0.261. The monoisotopic (exact) mass is 362 g/mol. The van der Waals surface area contributed by atoms with Crippen molar-refractivity contribution in [2.24, 2.45) is 5.92 Å².